The van der Waals surface area contributed by atoms with Crippen molar-refractivity contribution >= 4 is 0 Å². The Balaban J connectivity index is 1.98. The molecule has 34 heavy (non-hydrogen) atoms. The van der Waals surface area contributed by atoms with Crippen LogP contribution in [0, 0.1) is 6.92 Å². The highest BCUT2D eigenvalue weighted by atomic mass is 16.5. The number of aromatic nitrogens is 2. The summed E-state index contributed by atoms with van der Waals surface area (Å²) in [5, 5.41) is 15.3. The summed E-state index contributed by atoms with van der Waals surface area (Å²) in [5.41, 5.74) is 2.66. The lowest BCUT2D eigenvalue weighted by Crippen LogP contribution is -2.36. The molecule has 1 heterocycles. The van der Waals surface area contributed by atoms with Gasteiger partial charge in [0.25, 0.3) is 0 Å². The molecule has 0 bridgehead atoms. The molecule has 0 fully saturated rings. The van der Waals surface area contributed by atoms with Gasteiger partial charge in [-0.15, -0.1) is 0 Å². The third-order valence-electron chi connectivity index (χ3n) is 5.39. The quantitative estimate of drug-likeness (QED) is 0.384. The molecule has 0 spiro atoms. The minimum absolute atomic E-state index is 0.285. The molecule has 3 aromatic rings. The van der Waals surface area contributed by atoms with Crippen LogP contribution in [0.2, 0.25) is 0 Å². The zero-order chi connectivity index (χ0) is 24.3. The van der Waals surface area contributed by atoms with Crippen LogP contribution in [-0.4, -0.2) is 73.0 Å². The molecule has 0 radical (unpaired) electrons. The third kappa shape index (κ3) is 6.80. The first-order valence-electron chi connectivity index (χ1n) is 11.5. The first kappa shape index (κ1) is 25.7. The van der Waals surface area contributed by atoms with Gasteiger partial charge in [-0.05, 0) is 38.1 Å². The number of nitrogens with zero attached hydrogens (tertiary/aromatic N) is 3. The zero-order valence-corrected chi connectivity index (χ0v) is 20.4. The van der Waals surface area contributed by atoms with Gasteiger partial charge >= 0.3 is 0 Å². The summed E-state index contributed by atoms with van der Waals surface area (Å²) in [6.07, 6.45) is -0.611. The maximum Gasteiger partial charge on any atom is 0.227 e. The van der Waals surface area contributed by atoms with Crippen LogP contribution in [-0.2, 0) is 16.0 Å². The minimum Gasteiger partial charge on any atom is -0.493 e. The second kappa shape index (κ2) is 13.1. The molecule has 8 nitrogen and oxygen atoms in total. The average molecular weight is 470 g/mol. The van der Waals surface area contributed by atoms with E-state index in [0.717, 1.165) is 16.9 Å². The Hall–Kier alpha value is -2.91. The highest BCUT2D eigenvalue weighted by Gasteiger charge is 2.23. The van der Waals surface area contributed by atoms with Crippen LogP contribution in [0.4, 0.5) is 0 Å². The van der Waals surface area contributed by atoms with Crippen LogP contribution in [0.5, 0.6) is 17.4 Å². The molecule has 0 saturated carbocycles. The van der Waals surface area contributed by atoms with Crippen molar-refractivity contribution in [3.63, 3.8) is 0 Å². The Morgan fingerprint density at radius 2 is 1.74 bits per heavy atom. The normalized spacial score (nSPS) is 12.2. The van der Waals surface area contributed by atoms with Gasteiger partial charge in [0.1, 0.15) is 0 Å². The molecule has 1 N–H and O–H groups in total. The molecule has 2 aromatic carbocycles. The largest absolute Gasteiger partial charge is 0.493 e. The zero-order valence-electron chi connectivity index (χ0n) is 20.4. The highest BCUT2D eigenvalue weighted by molar-refractivity contribution is 5.47. The molecule has 0 amide bonds. The van der Waals surface area contributed by atoms with E-state index in [9.17, 15) is 5.11 Å². The van der Waals surface area contributed by atoms with E-state index in [1.807, 2.05) is 73.1 Å². The molecular formula is C26H35N3O5. The topological polar surface area (TPSA) is 78.2 Å². The van der Waals surface area contributed by atoms with Crippen LogP contribution in [0.15, 0.2) is 54.6 Å². The van der Waals surface area contributed by atoms with Crippen molar-refractivity contribution in [3.8, 4) is 23.1 Å². The predicted octanol–water partition coefficient (Wildman–Crippen LogP) is 3.83. The summed E-state index contributed by atoms with van der Waals surface area (Å²) >= 11 is 0. The SMILES string of the molecule is CCOC[C@H](O)CN(CCOC)Cc1c(C)nn(-c2ccccc2)c1Oc1ccccc1OC. The molecule has 1 aromatic heterocycles. The maximum atomic E-state index is 10.5. The number of rotatable bonds is 14. The molecule has 3 rings (SSSR count). The van der Waals surface area contributed by atoms with E-state index >= 15 is 0 Å². The Bertz CT molecular complexity index is 1010. The molecule has 0 unspecified atom stereocenters. The number of aliphatic hydroxyl groups is 1. The van der Waals surface area contributed by atoms with Gasteiger partial charge < -0.3 is 24.1 Å². The van der Waals surface area contributed by atoms with Crippen LogP contribution in [0.3, 0.4) is 0 Å². The fourth-order valence-corrected chi connectivity index (χ4v) is 3.66. The standard InChI is InChI=1S/C26H35N3O5/c1-5-33-19-22(30)17-28(15-16-31-3)18-23-20(2)27-29(21-11-7-6-8-12-21)26(23)34-25-14-10-9-13-24(25)32-4/h6-14,22,30H,5,15-19H2,1-4H3/t22-/m1/s1. The van der Waals surface area contributed by atoms with E-state index in [4.69, 9.17) is 24.0 Å². The summed E-state index contributed by atoms with van der Waals surface area (Å²) in [6, 6.07) is 17.4. The van der Waals surface area contributed by atoms with Crippen molar-refractivity contribution in [2.75, 3.05) is 47.1 Å². The average Bonchev–Trinajstić information content (AvgIpc) is 3.16. The fraction of sp³-hybridized carbons (Fsp3) is 0.423. The van der Waals surface area contributed by atoms with Gasteiger partial charge in [-0.2, -0.15) is 5.10 Å². The van der Waals surface area contributed by atoms with Crippen molar-refractivity contribution in [2.24, 2.45) is 0 Å². The number of hydrogen-bond donors (Lipinski definition) is 1. The van der Waals surface area contributed by atoms with E-state index in [2.05, 4.69) is 4.90 Å². The number of aliphatic hydroxyl groups excluding tert-OH is 1. The Labute approximate surface area is 201 Å². The summed E-state index contributed by atoms with van der Waals surface area (Å²) in [6.45, 7) is 6.87. The van der Waals surface area contributed by atoms with Gasteiger partial charge in [0.2, 0.25) is 5.88 Å². The van der Waals surface area contributed by atoms with E-state index in [1.165, 1.54) is 0 Å². The summed E-state index contributed by atoms with van der Waals surface area (Å²) in [5.74, 6) is 1.84. The Morgan fingerprint density at radius 3 is 2.41 bits per heavy atom. The molecule has 0 aliphatic heterocycles. The predicted molar refractivity (Wildman–Crippen MR) is 131 cm³/mol. The second-order valence-electron chi connectivity index (χ2n) is 7.91. The van der Waals surface area contributed by atoms with Gasteiger partial charge in [0.15, 0.2) is 11.5 Å². The lowest BCUT2D eigenvalue weighted by Gasteiger charge is -2.25. The van der Waals surface area contributed by atoms with Crippen LogP contribution >= 0.6 is 0 Å². The van der Waals surface area contributed by atoms with Crippen LogP contribution in [0.1, 0.15) is 18.2 Å². The summed E-state index contributed by atoms with van der Waals surface area (Å²) in [4.78, 5) is 2.13. The van der Waals surface area contributed by atoms with Gasteiger partial charge in [0.05, 0.1) is 43.4 Å². The van der Waals surface area contributed by atoms with E-state index in [-0.39, 0.29) is 6.61 Å². The van der Waals surface area contributed by atoms with Crippen LogP contribution < -0.4 is 9.47 Å². The Kier molecular flexibility index (Phi) is 9.90. The van der Waals surface area contributed by atoms with Gasteiger partial charge in [-0.25, -0.2) is 4.68 Å². The molecule has 0 aliphatic carbocycles. The highest BCUT2D eigenvalue weighted by Crippen LogP contribution is 2.36. The second-order valence-corrected chi connectivity index (χ2v) is 7.91. The first-order chi connectivity index (χ1) is 16.6. The monoisotopic (exact) mass is 469 g/mol. The minimum atomic E-state index is -0.611. The smallest absolute Gasteiger partial charge is 0.227 e. The number of hydrogen-bond acceptors (Lipinski definition) is 7. The summed E-state index contributed by atoms with van der Waals surface area (Å²) in [7, 11) is 3.29. The van der Waals surface area contributed by atoms with Gasteiger partial charge in [0, 0.05) is 33.4 Å². The number of aryl methyl sites for hydroxylation is 1. The van der Waals surface area contributed by atoms with Crippen molar-refractivity contribution in [1.82, 2.24) is 14.7 Å². The summed E-state index contributed by atoms with van der Waals surface area (Å²) < 4.78 is 24.5. The molecule has 1 atom stereocenters. The van der Waals surface area contributed by atoms with E-state index in [1.54, 1.807) is 14.2 Å². The molecule has 184 valence electrons. The van der Waals surface area contributed by atoms with E-state index < -0.39 is 6.10 Å². The van der Waals surface area contributed by atoms with E-state index in [0.29, 0.717) is 50.2 Å². The molecule has 0 saturated heterocycles. The van der Waals surface area contributed by atoms with Gasteiger partial charge in [-0.1, -0.05) is 30.3 Å². The van der Waals surface area contributed by atoms with Crippen molar-refractivity contribution in [1.29, 1.82) is 0 Å². The van der Waals surface area contributed by atoms with Crippen molar-refractivity contribution in [3.05, 3.63) is 65.9 Å². The number of para-hydroxylation sites is 3. The van der Waals surface area contributed by atoms with Gasteiger partial charge in [-0.3, -0.25) is 4.90 Å². The Morgan fingerprint density at radius 1 is 1.03 bits per heavy atom. The molecule has 0 aliphatic rings. The van der Waals surface area contributed by atoms with Crippen LogP contribution in [0.25, 0.3) is 5.69 Å². The molecular weight excluding hydrogens is 434 g/mol. The third-order valence-corrected chi connectivity index (χ3v) is 5.39. The lowest BCUT2D eigenvalue weighted by molar-refractivity contribution is 0.0147. The number of ether oxygens (including phenoxy) is 4. The van der Waals surface area contributed by atoms with Crippen molar-refractivity contribution < 1.29 is 24.1 Å². The van der Waals surface area contributed by atoms with Crippen molar-refractivity contribution in [2.45, 2.75) is 26.5 Å². The maximum absolute atomic E-state index is 10.5. The first-order valence-corrected chi connectivity index (χ1v) is 11.5. The number of methoxy groups -OCH3 is 2. The fourth-order valence-electron chi connectivity index (χ4n) is 3.66. The molecule has 8 heteroatoms. The number of benzene rings is 2. The lowest BCUT2D eigenvalue weighted by atomic mass is 10.2.